The molecule has 0 saturated carbocycles. The maximum absolute atomic E-state index is 13.0. The van der Waals surface area contributed by atoms with Crippen LogP contribution in [-0.2, 0) is 0 Å². The van der Waals surface area contributed by atoms with Gasteiger partial charge in [-0.2, -0.15) is 4.98 Å². The van der Waals surface area contributed by atoms with Crippen molar-refractivity contribution >= 4 is 44.4 Å². The fraction of sp³-hybridized carbons (Fsp3) is 0.148. The molecule has 0 N–H and O–H groups in total. The second-order valence-corrected chi connectivity index (χ2v) is 8.09. The average Bonchev–Trinajstić information content (AvgIpc) is 3.24. The van der Waals surface area contributed by atoms with E-state index in [4.69, 9.17) is 9.40 Å². The van der Waals surface area contributed by atoms with Gasteiger partial charge in [-0.3, -0.25) is 0 Å². The Morgan fingerprint density at radius 1 is 0.879 bits per heavy atom. The Bertz CT molecular complexity index is 1710. The van der Waals surface area contributed by atoms with Crippen molar-refractivity contribution in [3.05, 3.63) is 83.3 Å². The maximum atomic E-state index is 13.0. The molecule has 0 aliphatic carbocycles. The molecule has 33 heavy (non-hydrogen) atoms. The molecule has 3 aromatic heterocycles. The molecule has 6 nitrogen and oxygen atoms in total. The van der Waals surface area contributed by atoms with Crippen LogP contribution in [0.15, 0.2) is 82.0 Å². The molecule has 0 atom stereocenters. The van der Waals surface area contributed by atoms with Gasteiger partial charge in [0, 0.05) is 30.2 Å². The van der Waals surface area contributed by atoms with Gasteiger partial charge in [0.1, 0.15) is 5.58 Å². The molecule has 0 aliphatic rings. The van der Waals surface area contributed by atoms with Crippen molar-refractivity contribution in [1.82, 2.24) is 14.4 Å². The molecule has 6 aromatic rings. The van der Waals surface area contributed by atoms with Crippen LogP contribution in [0.1, 0.15) is 13.8 Å². The first kappa shape index (κ1) is 19.5. The van der Waals surface area contributed by atoms with Gasteiger partial charge >= 0.3 is 5.69 Å². The van der Waals surface area contributed by atoms with Gasteiger partial charge in [0.05, 0.1) is 16.4 Å². The summed E-state index contributed by atoms with van der Waals surface area (Å²) in [5.41, 5.74) is 5.89. The van der Waals surface area contributed by atoms with E-state index in [9.17, 15) is 4.79 Å². The lowest BCUT2D eigenvalue weighted by atomic mass is 10.1. The fourth-order valence-electron chi connectivity index (χ4n) is 4.54. The Hall–Kier alpha value is -4.19. The first-order valence-electron chi connectivity index (χ1n) is 11.2. The average molecular weight is 434 g/mol. The highest BCUT2D eigenvalue weighted by Gasteiger charge is 2.16. The summed E-state index contributed by atoms with van der Waals surface area (Å²) in [5.74, 6) is 0. The zero-order valence-electron chi connectivity index (χ0n) is 18.4. The summed E-state index contributed by atoms with van der Waals surface area (Å²) >= 11 is 0. The van der Waals surface area contributed by atoms with Crippen molar-refractivity contribution < 1.29 is 4.42 Å². The Balaban J connectivity index is 1.60. The van der Waals surface area contributed by atoms with Gasteiger partial charge < -0.3 is 9.32 Å². The Kier molecular flexibility index (Phi) is 4.40. The van der Waals surface area contributed by atoms with Crippen LogP contribution in [0, 0.1) is 0 Å². The van der Waals surface area contributed by atoms with E-state index in [0.717, 1.165) is 51.7 Å². The van der Waals surface area contributed by atoms with Crippen LogP contribution in [0.25, 0.3) is 49.9 Å². The Labute approximate surface area is 189 Å². The topological polar surface area (TPSA) is 63.6 Å². The molecule has 0 unspecified atom stereocenters. The van der Waals surface area contributed by atoms with Crippen molar-refractivity contribution in [2.45, 2.75) is 13.8 Å². The van der Waals surface area contributed by atoms with E-state index in [1.54, 1.807) is 4.40 Å². The minimum absolute atomic E-state index is 0.301. The van der Waals surface area contributed by atoms with E-state index in [1.165, 1.54) is 0 Å². The first-order valence-corrected chi connectivity index (χ1v) is 11.2. The third-order valence-corrected chi connectivity index (χ3v) is 6.25. The van der Waals surface area contributed by atoms with Crippen LogP contribution in [0.4, 0.5) is 5.69 Å². The molecule has 0 amide bonds. The number of anilines is 1. The van der Waals surface area contributed by atoms with Crippen LogP contribution >= 0.6 is 0 Å². The predicted octanol–water partition coefficient (Wildman–Crippen LogP) is 5.66. The molecule has 0 radical (unpaired) electrons. The normalized spacial score (nSPS) is 11.7. The van der Waals surface area contributed by atoms with Crippen molar-refractivity contribution in [2.75, 3.05) is 18.0 Å². The van der Waals surface area contributed by atoms with Crippen molar-refractivity contribution in [3.63, 3.8) is 0 Å². The van der Waals surface area contributed by atoms with Crippen LogP contribution in [-0.4, -0.2) is 27.5 Å². The Morgan fingerprint density at radius 2 is 1.70 bits per heavy atom. The molecule has 3 aromatic carbocycles. The van der Waals surface area contributed by atoms with Crippen LogP contribution < -0.4 is 10.6 Å². The maximum Gasteiger partial charge on any atom is 0.357 e. The number of nitrogens with zero attached hydrogens (tertiary/aromatic N) is 4. The zero-order valence-corrected chi connectivity index (χ0v) is 18.4. The lowest BCUT2D eigenvalue weighted by molar-refractivity contribution is 0.641. The summed E-state index contributed by atoms with van der Waals surface area (Å²) in [6, 6.07) is 24.2. The zero-order chi connectivity index (χ0) is 22.5. The summed E-state index contributed by atoms with van der Waals surface area (Å²) in [5, 5.41) is 1.66. The summed E-state index contributed by atoms with van der Waals surface area (Å²) in [6.07, 6.45) is 0. The number of rotatable bonds is 4. The summed E-state index contributed by atoms with van der Waals surface area (Å²) in [7, 11) is 0. The van der Waals surface area contributed by atoms with E-state index in [1.807, 2.05) is 54.6 Å². The standard InChI is InChI=1S/C27H22N4O2/c1-3-30(4-2)20-12-10-19-14-21-25-28-22-15-18(17-8-6-5-7-9-17)11-13-23(22)31(25)27(32)29-26(21)33-24(19)16-20/h5-16H,3-4H2,1-2H3. The van der Waals surface area contributed by atoms with Gasteiger partial charge in [-0.1, -0.05) is 36.4 Å². The number of hydrogen-bond acceptors (Lipinski definition) is 5. The van der Waals surface area contributed by atoms with Crippen molar-refractivity contribution in [3.8, 4) is 11.1 Å². The lowest BCUT2D eigenvalue weighted by Crippen LogP contribution is -2.21. The number of hydrogen-bond donors (Lipinski definition) is 0. The minimum Gasteiger partial charge on any atom is -0.437 e. The molecule has 0 aliphatic heterocycles. The number of benzene rings is 3. The number of aromatic nitrogens is 3. The number of fused-ring (bicyclic) bond motifs is 6. The van der Waals surface area contributed by atoms with E-state index >= 15 is 0 Å². The van der Waals surface area contributed by atoms with Gasteiger partial charge in [-0.25, -0.2) is 14.2 Å². The molecule has 0 spiro atoms. The van der Waals surface area contributed by atoms with Crippen LogP contribution in [0.5, 0.6) is 0 Å². The second kappa shape index (κ2) is 7.45. The molecule has 6 heteroatoms. The van der Waals surface area contributed by atoms with Gasteiger partial charge in [-0.15, -0.1) is 0 Å². The molecule has 0 fully saturated rings. The lowest BCUT2D eigenvalue weighted by Gasteiger charge is -2.21. The minimum atomic E-state index is -0.393. The number of imidazole rings is 1. The van der Waals surface area contributed by atoms with Crippen molar-refractivity contribution in [2.24, 2.45) is 0 Å². The monoisotopic (exact) mass is 434 g/mol. The highest BCUT2D eigenvalue weighted by Crippen LogP contribution is 2.30. The third kappa shape index (κ3) is 3.06. The van der Waals surface area contributed by atoms with Crippen LogP contribution in [0.3, 0.4) is 0 Å². The molecular formula is C27H22N4O2. The molecule has 0 saturated heterocycles. The fourth-order valence-corrected chi connectivity index (χ4v) is 4.54. The van der Waals surface area contributed by atoms with Gasteiger partial charge in [-0.05, 0) is 55.3 Å². The van der Waals surface area contributed by atoms with Crippen LogP contribution in [0.2, 0.25) is 0 Å². The third-order valence-electron chi connectivity index (χ3n) is 6.25. The smallest absolute Gasteiger partial charge is 0.357 e. The molecule has 0 bridgehead atoms. The molecule has 6 rings (SSSR count). The van der Waals surface area contributed by atoms with E-state index < -0.39 is 5.69 Å². The highest BCUT2D eigenvalue weighted by atomic mass is 16.3. The quantitative estimate of drug-likeness (QED) is 0.335. The van der Waals surface area contributed by atoms with E-state index in [0.29, 0.717) is 16.9 Å². The second-order valence-electron chi connectivity index (χ2n) is 8.09. The largest absolute Gasteiger partial charge is 0.437 e. The van der Waals surface area contributed by atoms with Gasteiger partial charge in [0.25, 0.3) is 0 Å². The van der Waals surface area contributed by atoms with Gasteiger partial charge in [0.15, 0.2) is 5.65 Å². The molecule has 3 heterocycles. The summed E-state index contributed by atoms with van der Waals surface area (Å²) in [4.78, 5) is 24.3. The first-order chi connectivity index (χ1) is 16.2. The van der Waals surface area contributed by atoms with Gasteiger partial charge in [0.2, 0.25) is 5.71 Å². The van der Waals surface area contributed by atoms with E-state index in [-0.39, 0.29) is 0 Å². The molecular weight excluding hydrogens is 412 g/mol. The molecule has 162 valence electrons. The summed E-state index contributed by atoms with van der Waals surface area (Å²) < 4.78 is 7.68. The van der Waals surface area contributed by atoms with Crippen molar-refractivity contribution in [1.29, 1.82) is 0 Å². The highest BCUT2D eigenvalue weighted by molar-refractivity contribution is 5.99. The Morgan fingerprint density at radius 3 is 2.48 bits per heavy atom. The summed E-state index contributed by atoms with van der Waals surface area (Å²) in [6.45, 7) is 6.06. The van der Waals surface area contributed by atoms with E-state index in [2.05, 4.69) is 41.9 Å². The predicted molar refractivity (Wildman–Crippen MR) is 133 cm³/mol. The SMILES string of the molecule is CCN(CC)c1ccc2cc3c(nc(=O)n4c5ccc(-c6ccccc6)cc5nc34)oc2c1.